The number of rotatable bonds is 5. The lowest BCUT2D eigenvalue weighted by molar-refractivity contribution is 0.311. The molecule has 0 aromatic heterocycles. The van der Waals surface area contributed by atoms with Crippen LogP contribution in [-0.2, 0) is 4.74 Å². The first-order chi connectivity index (χ1) is 16.7. The van der Waals surface area contributed by atoms with Crippen LogP contribution < -0.4 is 0 Å². The summed E-state index contributed by atoms with van der Waals surface area (Å²) in [6.07, 6.45) is 6.38. The van der Waals surface area contributed by atoms with Crippen molar-refractivity contribution >= 4 is 34.9 Å². The molecular formula is C27H34ClF2N3OS. The zero-order valence-corrected chi connectivity index (χ0v) is 22.6. The lowest BCUT2D eigenvalue weighted by Crippen LogP contribution is -2.34. The summed E-state index contributed by atoms with van der Waals surface area (Å²) >= 11 is 7.03. The summed E-state index contributed by atoms with van der Waals surface area (Å²) in [5.74, 6) is 0.688. The molecule has 0 aliphatic carbocycles. The number of thioether (sulfide) groups is 1. The highest BCUT2D eigenvalue weighted by molar-refractivity contribution is 8.06. The molecule has 0 saturated carbocycles. The Morgan fingerprint density at radius 1 is 1.34 bits per heavy atom. The zero-order valence-electron chi connectivity index (χ0n) is 21.0. The van der Waals surface area contributed by atoms with Gasteiger partial charge in [0, 0.05) is 34.7 Å². The van der Waals surface area contributed by atoms with Gasteiger partial charge >= 0.3 is 0 Å². The Morgan fingerprint density at radius 3 is 2.51 bits per heavy atom. The van der Waals surface area contributed by atoms with E-state index in [-0.39, 0.29) is 11.4 Å². The van der Waals surface area contributed by atoms with Gasteiger partial charge in [0.1, 0.15) is 17.3 Å². The molecule has 1 aromatic rings. The number of nitrogens with zero attached hydrogens (tertiary/aromatic N) is 3. The van der Waals surface area contributed by atoms with Gasteiger partial charge in [-0.15, -0.1) is 0 Å². The molecule has 2 saturated heterocycles. The number of ether oxygens (including phenoxy) is 1. The maximum absolute atomic E-state index is 12.1. The molecule has 4 nitrogen and oxygen atoms in total. The van der Waals surface area contributed by atoms with Crippen molar-refractivity contribution in [2.24, 2.45) is 9.98 Å². The third-order valence-corrected chi connectivity index (χ3v) is 6.17. The number of epoxide rings is 1. The fourth-order valence-electron chi connectivity index (χ4n) is 3.54. The van der Waals surface area contributed by atoms with Gasteiger partial charge in [-0.25, -0.2) is 8.78 Å². The summed E-state index contributed by atoms with van der Waals surface area (Å²) in [5.41, 5.74) is 3.52. The van der Waals surface area contributed by atoms with Crippen LogP contribution >= 0.6 is 23.4 Å². The smallest absolute Gasteiger partial charge is 0.141 e. The van der Waals surface area contributed by atoms with E-state index in [1.54, 1.807) is 23.9 Å². The number of alkyl halides is 1. The van der Waals surface area contributed by atoms with Crippen molar-refractivity contribution < 1.29 is 13.5 Å². The van der Waals surface area contributed by atoms with Crippen molar-refractivity contribution in [2.45, 2.75) is 45.9 Å². The topological polar surface area (TPSA) is 40.5 Å². The van der Waals surface area contributed by atoms with Crippen LogP contribution in [0.25, 0.3) is 0 Å². The predicted octanol–water partition coefficient (Wildman–Crippen LogP) is 7.40. The van der Waals surface area contributed by atoms with Crippen molar-refractivity contribution in [3.05, 3.63) is 81.5 Å². The standard InChI is InChI=1S/C18H23N3OS.C6H4ClF.C3H7F/c1-5-7-15(19-4)14-10-20-17(13(3)23-8-6-2)21-11-18(12-22-18)9-16(14)21;7-5-2-1-3-6(8)4-5;1-3(2)4/h5-8H,3,9-12H2,1-2,4H3;1-4H;3H,1-2H3/b7-5-,8-6-,19-15?;;. The van der Waals surface area contributed by atoms with E-state index < -0.39 is 6.17 Å². The summed E-state index contributed by atoms with van der Waals surface area (Å²) in [6.45, 7) is 13.6. The third kappa shape index (κ3) is 8.74. The molecule has 3 aliphatic heterocycles. The van der Waals surface area contributed by atoms with Crippen LogP contribution in [-0.4, -0.2) is 55.0 Å². The van der Waals surface area contributed by atoms with Gasteiger partial charge in [-0.05, 0) is 57.4 Å². The molecule has 1 spiro atoms. The van der Waals surface area contributed by atoms with E-state index in [0.29, 0.717) is 11.6 Å². The summed E-state index contributed by atoms with van der Waals surface area (Å²) < 4.78 is 28.8. The quantitative estimate of drug-likeness (QED) is 0.299. The van der Waals surface area contributed by atoms with Crippen LogP contribution in [0.15, 0.2) is 80.6 Å². The first-order valence-corrected chi connectivity index (χ1v) is 12.7. The zero-order chi connectivity index (χ0) is 26.0. The van der Waals surface area contributed by atoms with Gasteiger partial charge in [0.2, 0.25) is 0 Å². The van der Waals surface area contributed by atoms with Crippen LogP contribution in [0, 0.1) is 5.82 Å². The minimum Gasteiger partial charge on any atom is -0.367 e. The molecule has 4 rings (SSSR count). The van der Waals surface area contributed by atoms with Crippen molar-refractivity contribution in [3.8, 4) is 0 Å². The summed E-state index contributed by atoms with van der Waals surface area (Å²) in [4.78, 5) is 12.5. The summed E-state index contributed by atoms with van der Waals surface area (Å²) in [6, 6.07) is 5.82. The molecule has 1 aromatic carbocycles. The van der Waals surface area contributed by atoms with Crippen LogP contribution in [0.3, 0.4) is 0 Å². The van der Waals surface area contributed by atoms with Gasteiger partial charge in [-0.2, -0.15) is 0 Å². The normalized spacial score (nSPS) is 21.1. The predicted molar refractivity (Wildman–Crippen MR) is 147 cm³/mol. The molecule has 190 valence electrons. The number of halogens is 3. The van der Waals surface area contributed by atoms with Crippen molar-refractivity contribution in [3.63, 3.8) is 0 Å². The monoisotopic (exact) mass is 521 g/mol. The van der Waals surface area contributed by atoms with Crippen LogP contribution in [0.5, 0.6) is 0 Å². The highest BCUT2D eigenvalue weighted by Gasteiger charge is 2.54. The maximum atomic E-state index is 12.1. The summed E-state index contributed by atoms with van der Waals surface area (Å²) in [7, 11) is 1.84. The first kappa shape index (κ1) is 29.0. The second-order valence-electron chi connectivity index (χ2n) is 8.37. The van der Waals surface area contributed by atoms with E-state index in [1.807, 2.05) is 38.5 Å². The molecule has 8 heteroatoms. The van der Waals surface area contributed by atoms with Gasteiger partial charge in [0.25, 0.3) is 0 Å². The van der Waals surface area contributed by atoms with Crippen molar-refractivity contribution in [2.75, 3.05) is 26.7 Å². The molecule has 1 atom stereocenters. The Labute approximate surface area is 217 Å². The summed E-state index contributed by atoms with van der Waals surface area (Å²) in [5, 5.41) is 2.48. The lowest BCUT2D eigenvalue weighted by Gasteiger charge is -2.29. The first-order valence-electron chi connectivity index (χ1n) is 11.5. The van der Waals surface area contributed by atoms with Gasteiger partial charge in [0.15, 0.2) is 0 Å². The number of benzene rings is 1. The molecule has 1 unspecified atom stereocenters. The molecule has 35 heavy (non-hydrogen) atoms. The molecule has 0 N–H and O–H groups in total. The van der Waals surface area contributed by atoms with E-state index in [2.05, 4.69) is 22.5 Å². The van der Waals surface area contributed by atoms with Gasteiger partial charge in [0.05, 0.1) is 31.6 Å². The van der Waals surface area contributed by atoms with Gasteiger partial charge < -0.3 is 9.64 Å². The molecule has 0 bridgehead atoms. The van der Waals surface area contributed by atoms with Crippen molar-refractivity contribution in [1.82, 2.24) is 4.90 Å². The van der Waals surface area contributed by atoms with Crippen LogP contribution in [0.2, 0.25) is 5.02 Å². The number of amidine groups is 1. The van der Waals surface area contributed by atoms with E-state index >= 15 is 0 Å². The van der Waals surface area contributed by atoms with Gasteiger partial charge in [-0.1, -0.05) is 48.2 Å². The number of hydrogen-bond donors (Lipinski definition) is 0. The second kappa shape index (κ2) is 13.8. The Balaban J connectivity index is 0.000000297. The maximum Gasteiger partial charge on any atom is 0.141 e. The molecule has 3 heterocycles. The van der Waals surface area contributed by atoms with Crippen LogP contribution in [0.1, 0.15) is 34.1 Å². The number of aliphatic imine (C=N–C) groups is 2. The lowest BCUT2D eigenvalue weighted by atomic mass is 10.0. The second-order valence-corrected chi connectivity index (χ2v) is 9.81. The van der Waals surface area contributed by atoms with E-state index in [0.717, 1.165) is 36.0 Å². The molecular weight excluding hydrogens is 488 g/mol. The highest BCUT2D eigenvalue weighted by Crippen LogP contribution is 2.46. The Kier molecular flexibility index (Phi) is 11.4. The fourth-order valence-corrected chi connectivity index (χ4v) is 4.29. The number of fused-ring (bicyclic) bond motifs is 1. The molecule has 0 amide bonds. The third-order valence-electron chi connectivity index (χ3n) is 5.06. The van der Waals surface area contributed by atoms with Crippen LogP contribution in [0.4, 0.5) is 8.78 Å². The van der Waals surface area contributed by atoms with E-state index in [1.165, 1.54) is 37.3 Å². The average Bonchev–Trinajstić information content (AvgIpc) is 3.43. The largest absolute Gasteiger partial charge is 0.367 e. The Bertz CT molecular complexity index is 1020. The number of allylic oxidation sites excluding steroid dienone is 3. The number of hydrogen-bond acceptors (Lipinski definition) is 5. The van der Waals surface area contributed by atoms with E-state index in [4.69, 9.17) is 21.3 Å². The van der Waals surface area contributed by atoms with Gasteiger partial charge in [-0.3, -0.25) is 9.98 Å². The molecule has 0 radical (unpaired) electrons. The fraction of sp³-hybridized carbons (Fsp3) is 0.407. The molecule has 3 aliphatic rings. The van der Waals surface area contributed by atoms with E-state index in [9.17, 15) is 8.78 Å². The molecule has 2 fully saturated rings. The average molecular weight is 522 g/mol. The van der Waals surface area contributed by atoms with Crippen molar-refractivity contribution in [1.29, 1.82) is 0 Å². The SMILES string of the molecule is C=C(S/C=C\C)C1=NCC(C(/C=C\C)=NC)=C2CC3(CO3)CN12.CC(C)F.Fc1cccc(Cl)c1. The Hall–Kier alpha value is -2.22. The minimum atomic E-state index is -0.667. The Morgan fingerprint density at radius 2 is 2.03 bits per heavy atom. The highest BCUT2D eigenvalue weighted by atomic mass is 35.5. The minimum absolute atomic E-state index is 0.00792.